The van der Waals surface area contributed by atoms with E-state index in [9.17, 15) is 4.79 Å². The Morgan fingerprint density at radius 3 is 1.42 bits per heavy atom. The average Bonchev–Trinajstić information content (AvgIpc) is 3.04. The SMILES string of the molecule is CCCCCCCC=CCCCCCCCCC(=O)CCCCCCCCO[Si](c1ccccc1)(c1ccccc1)C(C)(C)C. The maximum atomic E-state index is 12.3. The average molecular weight is 633 g/mol. The number of hydrogen-bond donors (Lipinski definition) is 0. The molecule has 0 spiro atoms. The van der Waals surface area contributed by atoms with E-state index in [2.05, 4.69) is 101 Å². The van der Waals surface area contributed by atoms with E-state index in [1.807, 2.05) is 0 Å². The predicted molar refractivity (Wildman–Crippen MR) is 200 cm³/mol. The van der Waals surface area contributed by atoms with E-state index in [4.69, 9.17) is 4.43 Å². The fourth-order valence-electron chi connectivity index (χ4n) is 6.64. The Balaban J connectivity index is 1.49. The summed E-state index contributed by atoms with van der Waals surface area (Å²) >= 11 is 0. The van der Waals surface area contributed by atoms with Gasteiger partial charge in [-0.05, 0) is 60.4 Å². The summed E-state index contributed by atoms with van der Waals surface area (Å²) in [6, 6.07) is 21.9. The van der Waals surface area contributed by atoms with Gasteiger partial charge in [0.05, 0.1) is 0 Å². The van der Waals surface area contributed by atoms with Crippen molar-refractivity contribution in [3.8, 4) is 0 Å². The number of ketones is 1. The van der Waals surface area contributed by atoms with E-state index in [1.54, 1.807) is 0 Å². The van der Waals surface area contributed by atoms with Crippen molar-refractivity contribution in [1.29, 1.82) is 0 Å². The van der Waals surface area contributed by atoms with Crippen molar-refractivity contribution in [3.05, 3.63) is 72.8 Å². The van der Waals surface area contributed by atoms with Gasteiger partial charge in [0.2, 0.25) is 0 Å². The molecule has 0 aromatic heterocycles. The molecule has 0 N–H and O–H groups in total. The third kappa shape index (κ3) is 15.9. The van der Waals surface area contributed by atoms with Crippen molar-refractivity contribution in [2.45, 2.75) is 168 Å². The molecule has 0 aliphatic heterocycles. The van der Waals surface area contributed by atoms with Crippen molar-refractivity contribution >= 4 is 24.5 Å². The topological polar surface area (TPSA) is 26.3 Å². The lowest BCUT2D eigenvalue weighted by Gasteiger charge is -2.43. The van der Waals surface area contributed by atoms with Gasteiger partial charge in [0.1, 0.15) is 5.78 Å². The Morgan fingerprint density at radius 2 is 0.978 bits per heavy atom. The van der Waals surface area contributed by atoms with E-state index in [-0.39, 0.29) is 5.04 Å². The van der Waals surface area contributed by atoms with Crippen molar-refractivity contribution < 1.29 is 9.22 Å². The maximum absolute atomic E-state index is 12.3. The standard InChI is InChI=1S/C42H68O2Si/c1-5-6-7-8-9-10-11-12-13-14-15-16-17-20-25-32-39(43)33-26-21-18-19-22-31-38-44-45(42(2,3)4,40-34-27-23-28-35-40)41-36-29-24-30-37-41/h11-12,23-24,27-30,34-37H,5-10,13-22,25-26,31-33,38H2,1-4H3. The Kier molecular flexibility index (Phi) is 21.1. The molecule has 0 saturated carbocycles. The number of carbonyl (C=O) groups excluding carboxylic acids is 1. The molecule has 0 unspecified atom stereocenters. The molecule has 3 heteroatoms. The van der Waals surface area contributed by atoms with Gasteiger partial charge < -0.3 is 4.43 Å². The lowest BCUT2D eigenvalue weighted by atomic mass is 10.0. The van der Waals surface area contributed by atoms with Gasteiger partial charge in [0, 0.05) is 19.4 Å². The van der Waals surface area contributed by atoms with Gasteiger partial charge in [0.25, 0.3) is 8.32 Å². The van der Waals surface area contributed by atoms with Gasteiger partial charge in [-0.1, -0.05) is 178 Å². The Labute approximate surface area is 280 Å². The smallest absolute Gasteiger partial charge is 0.261 e. The molecule has 45 heavy (non-hydrogen) atoms. The minimum Gasteiger partial charge on any atom is -0.407 e. The van der Waals surface area contributed by atoms with E-state index in [0.717, 1.165) is 38.7 Å². The number of benzene rings is 2. The van der Waals surface area contributed by atoms with E-state index in [0.29, 0.717) is 5.78 Å². The quantitative estimate of drug-likeness (QED) is 0.0556. The first-order chi connectivity index (χ1) is 21.9. The molecule has 2 aromatic carbocycles. The van der Waals surface area contributed by atoms with Crippen LogP contribution in [0.25, 0.3) is 0 Å². The van der Waals surface area contributed by atoms with E-state index < -0.39 is 8.32 Å². The third-order valence-electron chi connectivity index (χ3n) is 9.30. The van der Waals surface area contributed by atoms with Crippen LogP contribution in [-0.4, -0.2) is 20.7 Å². The van der Waals surface area contributed by atoms with Gasteiger partial charge in [-0.3, -0.25) is 4.79 Å². The van der Waals surface area contributed by atoms with Gasteiger partial charge in [-0.25, -0.2) is 0 Å². The number of allylic oxidation sites excluding steroid dienone is 2. The summed E-state index contributed by atoms with van der Waals surface area (Å²) in [7, 11) is -2.42. The molecule has 252 valence electrons. The van der Waals surface area contributed by atoms with Crippen LogP contribution in [0.1, 0.15) is 163 Å². The second-order valence-corrected chi connectivity index (χ2v) is 18.6. The Hall–Kier alpha value is -1.97. The molecule has 0 amide bonds. The summed E-state index contributed by atoms with van der Waals surface area (Å²) < 4.78 is 7.02. The van der Waals surface area contributed by atoms with Crippen LogP contribution < -0.4 is 10.4 Å². The molecular weight excluding hydrogens is 565 g/mol. The normalized spacial score (nSPS) is 12.3. The molecular formula is C42H68O2Si. The van der Waals surface area contributed by atoms with Gasteiger partial charge in [-0.2, -0.15) is 0 Å². The zero-order valence-electron chi connectivity index (χ0n) is 29.8. The molecule has 0 radical (unpaired) electrons. The van der Waals surface area contributed by atoms with Crippen LogP contribution in [0.3, 0.4) is 0 Å². The number of hydrogen-bond acceptors (Lipinski definition) is 2. The molecule has 0 saturated heterocycles. The minimum absolute atomic E-state index is 0.0342. The number of carbonyl (C=O) groups is 1. The van der Waals surface area contributed by atoms with Crippen molar-refractivity contribution in [3.63, 3.8) is 0 Å². The second kappa shape index (κ2) is 24.2. The Bertz CT molecular complexity index is 968. The minimum atomic E-state index is -2.42. The predicted octanol–water partition coefficient (Wildman–Crippen LogP) is 11.9. The highest BCUT2D eigenvalue weighted by atomic mass is 28.4. The summed E-state index contributed by atoms with van der Waals surface area (Å²) in [5, 5.41) is 2.75. The summed E-state index contributed by atoms with van der Waals surface area (Å²) in [5.74, 6) is 0.480. The van der Waals surface area contributed by atoms with Crippen LogP contribution in [-0.2, 0) is 9.22 Å². The monoisotopic (exact) mass is 632 g/mol. The summed E-state index contributed by atoms with van der Waals surface area (Å²) in [6.45, 7) is 10.1. The van der Waals surface area contributed by atoms with Crippen molar-refractivity contribution in [2.24, 2.45) is 0 Å². The van der Waals surface area contributed by atoms with Gasteiger partial charge in [0.15, 0.2) is 0 Å². The summed E-state index contributed by atoms with van der Waals surface area (Å²) in [6.07, 6.45) is 30.3. The van der Waals surface area contributed by atoms with Crippen LogP contribution in [0.15, 0.2) is 72.8 Å². The highest BCUT2D eigenvalue weighted by molar-refractivity contribution is 6.99. The molecule has 0 aliphatic rings. The van der Waals surface area contributed by atoms with Gasteiger partial charge >= 0.3 is 0 Å². The van der Waals surface area contributed by atoms with E-state index in [1.165, 1.54) is 113 Å². The molecule has 2 aromatic rings. The first-order valence-electron chi connectivity index (χ1n) is 18.8. The summed E-state index contributed by atoms with van der Waals surface area (Å²) in [4.78, 5) is 12.3. The van der Waals surface area contributed by atoms with Crippen LogP contribution in [0.2, 0.25) is 5.04 Å². The molecule has 0 fully saturated rings. The molecule has 0 atom stereocenters. The lowest BCUT2D eigenvalue weighted by Crippen LogP contribution is -2.66. The molecule has 2 nitrogen and oxygen atoms in total. The van der Waals surface area contributed by atoms with Crippen molar-refractivity contribution in [2.75, 3.05) is 6.61 Å². The Morgan fingerprint density at radius 1 is 0.578 bits per heavy atom. The number of rotatable bonds is 27. The van der Waals surface area contributed by atoms with Crippen LogP contribution in [0, 0.1) is 0 Å². The lowest BCUT2D eigenvalue weighted by molar-refractivity contribution is -0.119. The van der Waals surface area contributed by atoms with Crippen molar-refractivity contribution in [1.82, 2.24) is 0 Å². The van der Waals surface area contributed by atoms with Crippen LogP contribution >= 0.6 is 0 Å². The van der Waals surface area contributed by atoms with E-state index >= 15 is 0 Å². The summed E-state index contributed by atoms with van der Waals surface area (Å²) in [5.41, 5.74) is 0. The largest absolute Gasteiger partial charge is 0.407 e. The first-order valence-corrected chi connectivity index (χ1v) is 20.7. The van der Waals surface area contributed by atoms with Gasteiger partial charge in [-0.15, -0.1) is 0 Å². The van der Waals surface area contributed by atoms with Crippen LogP contribution in [0.4, 0.5) is 0 Å². The molecule has 2 rings (SSSR count). The number of Topliss-reactive ketones (excluding diaryl/α,β-unsaturated/α-hetero) is 1. The second-order valence-electron chi connectivity index (χ2n) is 14.3. The fraction of sp³-hybridized carbons (Fsp3) is 0.643. The first kappa shape index (κ1) is 39.2. The molecule has 0 heterocycles. The fourth-order valence-corrected chi connectivity index (χ4v) is 11.2. The maximum Gasteiger partial charge on any atom is 0.261 e. The third-order valence-corrected chi connectivity index (χ3v) is 14.3. The number of unbranched alkanes of at least 4 members (excludes halogenated alkanes) is 16. The zero-order chi connectivity index (χ0) is 32.5. The molecule has 0 bridgehead atoms. The highest BCUT2D eigenvalue weighted by Crippen LogP contribution is 2.36. The van der Waals surface area contributed by atoms with Crippen LogP contribution in [0.5, 0.6) is 0 Å². The zero-order valence-corrected chi connectivity index (χ0v) is 30.8. The molecule has 0 aliphatic carbocycles. The highest BCUT2D eigenvalue weighted by Gasteiger charge is 2.49.